The van der Waals surface area contributed by atoms with Crippen LogP contribution in [0.4, 0.5) is 9.18 Å². The van der Waals surface area contributed by atoms with Crippen LogP contribution < -0.4 is 5.32 Å². The van der Waals surface area contributed by atoms with Crippen LogP contribution in [-0.2, 0) is 11.3 Å². The molecule has 6 nitrogen and oxygen atoms in total. The van der Waals surface area contributed by atoms with E-state index in [0.717, 1.165) is 11.6 Å². The van der Waals surface area contributed by atoms with Crippen molar-refractivity contribution in [1.82, 2.24) is 5.32 Å². The number of nitrogens with one attached hydrogen (secondary N) is 1. The fraction of sp³-hybridized carbons (Fsp3) is 0.300. The van der Waals surface area contributed by atoms with Gasteiger partial charge in [0.2, 0.25) is 0 Å². The predicted molar refractivity (Wildman–Crippen MR) is 96.6 cm³/mol. The maximum absolute atomic E-state index is 13.9. The van der Waals surface area contributed by atoms with Crippen molar-refractivity contribution in [3.05, 3.63) is 71.0 Å². The number of ether oxygens (including phenoxy) is 1. The van der Waals surface area contributed by atoms with Gasteiger partial charge in [-0.05, 0) is 37.1 Å². The molecule has 2 aromatic rings. The highest BCUT2D eigenvalue weighted by Crippen LogP contribution is 2.23. The number of hydrogen-bond acceptors (Lipinski definition) is 5. The van der Waals surface area contributed by atoms with Gasteiger partial charge >= 0.3 is 6.09 Å². The first-order valence-electron chi connectivity index (χ1n) is 8.49. The van der Waals surface area contributed by atoms with Gasteiger partial charge in [0.05, 0.1) is 6.10 Å². The lowest BCUT2D eigenvalue weighted by molar-refractivity contribution is 0.0116. The lowest BCUT2D eigenvalue weighted by atomic mass is 9.98. The molecule has 2 aromatic carbocycles. The minimum Gasteiger partial charge on any atom is -0.445 e. The zero-order chi connectivity index (χ0) is 19.8. The molecule has 0 aliphatic heterocycles. The first-order valence-corrected chi connectivity index (χ1v) is 8.49. The lowest BCUT2D eigenvalue weighted by Crippen LogP contribution is -2.30. The molecular formula is C20H22FNO5. The van der Waals surface area contributed by atoms with Gasteiger partial charge in [0, 0.05) is 17.7 Å². The summed E-state index contributed by atoms with van der Waals surface area (Å²) >= 11 is 0. The van der Waals surface area contributed by atoms with Gasteiger partial charge in [-0.3, -0.25) is 4.79 Å². The van der Waals surface area contributed by atoms with Crippen LogP contribution in [0.3, 0.4) is 0 Å². The molecular weight excluding hydrogens is 353 g/mol. The number of rotatable bonds is 8. The number of benzene rings is 2. The summed E-state index contributed by atoms with van der Waals surface area (Å²) in [5, 5.41) is 22.7. The smallest absolute Gasteiger partial charge is 0.407 e. The maximum atomic E-state index is 13.9. The molecule has 3 N–H and O–H groups in total. The number of carbonyl (C=O) groups excluding carboxylic acids is 2. The van der Waals surface area contributed by atoms with Crippen molar-refractivity contribution in [2.75, 3.05) is 6.54 Å². The van der Waals surface area contributed by atoms with Crippen molar-refractivity contribution in [2.24, 2.45) is 0 Å². The fourth-order valence-electron chi connectivity index (χ4n) is 2.45. The van der Waals surface area contributed by atoms with E-state index in [-0.39, 0.29) is 36.5 Å². The second-order valence-electron chi connectivity index (χ2n) is 6.08. The van der Waals surface area contributed by atoms with Crippen molar-refractivity contribution < 1.29 is 28.9 Å². The standard InChI is InChI=1S/C20H22FNO5/c1-13(23)15-7-8-17(21)16(11-15)19(25)18(24)9-10-22-20(26)27-12-14-5-3-2-4-6-14/h2-8,11,18-19,24-25H,9-10,12H2,1H3,(H,22,26). The minimum atomic E-state index is -1.52. The Hall–Kier alpha value is -2.77. The second-order valence-corrected chi connectivity index (χ2v) is 6.08. The topological polar surface area (TPSA) is 95.9 Å². The van der Waals surface area contributed by atoms with Gasteiger partial charge in [-0.15, -0.1) is 0 Å². The number of aliphatic hydroxyl groups excluding tert-OH is 2. The third-order valence-electron chi connectivity index (χ3n) is 4.01. The quantitative estimate of drug-likeness (QED) is 0.617. The van der Waals surface area contributed by atoms with E-state index in [2.05, 4.69) is 5.32 Å². The monoisotopic (exact) mass is 375 g/mol. The van der Waals surface area contributed by atoms with Crippen LogP contribution in [0.25, 0.3) is 0 Å². The molecule has 2 unspecified atom stereocenters. The van der Waals surface area contributed by atoms with Gasteiger partial charge in [-0.2, -0.15) is 0 Å². The summed E-state index contributed by atoms with van der Waals surface area (Å²) in [5.74, 6) is -0.998. The van der Waals surface area contributed by atoms with E-state index in [4.69, 9.17) is 4.74 Å². The molecule has 0 aliphatic carbocycles. The van der Waals surface area contributed by atoms with Crippen LogP contribution in [0.2, 0.25) is 0 Å². The van der Waals surface area contributed by atoms with Gasteiger partial charge in [0.1, 0.15) is 18.5 Å². The summed E-state index contributed by atoms with van der Waals surface area (Å²) < 4.78 is 18.9. The number of halogens is 1. The molecule has 2 atom stereocenters. The molecule has 0 bridgehead atoms. The van der Waals surface area contributed by atoms with E-state index < -0.39 is 24.1 Å². The number of amides is 1. The van der Waals surface area contributed by atoms with Crippen molar-refractivity contribution in [1.29, 1.82) is 0 Å². The normalized spacial score (nSPS) is 12.9. The molecule has 7 heteroatoms. The summed E-state index contributed by atoms with van der Waals surface area (Å²) in [4.78, 5) is 23.0. The van der Waals surface area contributed by atoms with Gasteiger partial charge in [-0.25, -0.2) is 9.18 Å². The highest BCUT2D eigenvalue weighted by Gasteiger charge is 2.22. The Morgan fingerprint density at radius 1 is 1.15 bits per heavy atom. The number of alkyl carbamates (subject to hydrolysis) is 1. The van der Waals surface area contributed by atoms with E-state index >= 15 is 0 Å². The molecule has 0 heterocycles. The molecule has 2 rings (SSSR count). The molecule has 1 amide bonds. The van der Waals surface area contributed by atoms with Crippen LogP contribution in [-0.4, -0.2) is 34.7 Å². The number of carbonyl (C=O) groups is 2. The zero-order valence-electron chi connectivity index (χ0n) is 14.9. The van der Waals surface area contributed by atoms with Gasteiger partial charge < -0.3 is 20.3 Å². The number of hydrogen-bond donors (Lipinski definition) is 3. The summed E-state index contributed by atoms with van der Waals surface area (Å²) in [7, 11) is 0. The molecule has 144 valence electrons. The van der Waals surface area contributed by atoms with Gasteiger partial charge in [-0.1, -0.05) is 30.3 Å². The molecule has 0 saturated carbocycles. The van der Waals surface area contributed by atoms with Crippen LogP contribution in [0, 0.1) is 5.82 Å². The van der Waals surface area contributed by atoms with Crippen LogP contribution in [0.1, 0.15) is 40.9 Å². The number of ketones is 1. The summed E-state index contributed by atoms with van der Waals surface area (Å²) in [5.41, 5.74) is 0.908. The Morgan fingerprint density at radius 3 is 2.52 bits per heavy atom. The Labute approximate surface area is 156 Å². The Bertz CT molecular complexity index is 781. The molecule has 0 aromatic heterocycles. The van der Waals surface area contributed by atoms with E-state index in [9.17, 15) is 24.2 Å². The lowest BCUT2D eigenvalue weighted by Gasteiger charge is -2.19. The fourth-order valence-corrected chi connectivity index (χ4v) is 2.45. The average Bonchev–Trinajstić information content (AvgIpc) is 2.66. The summed E-state index contributed by atoms with van der Waals surface area (Å²) in [6, 6.07) is 12.7. The van der Waals surface area contributed by atoms with E-state index in [0.29, 0.717) is 0 Å². The van der Waals surface area contributed by atoms with Crippen LogP contribution >= 0.6 is 0 Å². The highest BCUT2D eigenvalue weighted by atomic mass is 19.1. The third kappa shape index (κ3) is 6.16. The minimum absolute atomic E-state index is 0.0225. The second kappa shape index (κ2) is 9.80. The SMILES string of the molecule is CC(=O)c1ccc(F)c(C(O)C(O)CCNC(=O)OCc2ccccc2)c1. The Morgan fingerprint density at radius 2 is 1.85 bits per heavy atom. The number of Topliss-reactive ketones (excluding diaryl/α,β-unsaturated/α-hetero) is 1. The van der Waals surface area contributed by atoms with Crippen LogP contribution in [0.15, 0.2) is 48.5 Å². The van der Waals surface area contributed by atoms with E-state index in [1.54, 1.807) is 0 Å². The zero-order valence-corrected chi connectivity index (χ0v) is 14.9. The Kier molecular flexibility index (Phi) is 7.45. The first-order chi connectivity index (χ1) is 12.9. The van der Waals surface area contributed by atoms with Gasteiger partial charge in [0.25, 0.3) is 0 Å². The predicted octanol–water partition coefficient (Wildman–Crippen LogP) is 2.74. The van der Waals surface area contributed by atoms with Crippen molar-refractivity contribution in [2.45, 2.75) is 32.2 Å². The van der Waals surface area contributed by atoms with E-state index in [1.165, 1.54) is 19.1 Å². The summed E-state index contributed by atoms with van der Waals surface area (Å²) in [6.45, 7) is 1.46. The molecule has 0 saturated heterocycles. The summed E-state index contributed by atoms with van der Waals surface area (Å²) in [6.07, 6.45) is -3.53. The third-order valence-corrected chi connectivity index (χ3v) is 4.01. The number of aliphatic hydroxyl groups is 2. The molecule has 0 aliphatic rings. The molecule has 0 fully saturated rings. The van der Waals surface area contributed by atoms with Gasteiger partial charge in [0.15, 0.2) is 5.78 Å². The average molecular weight is 375 g/mol. The van der Waals surface area contributed by atoms with E-state index in [1.807, 2.05) is 30.3 Å². The largest absolute Gasteiger partial charge is 0.445 e. The van der Waals surface area contributed by atoms with Crippen molar-refractivity contribution >= 4 is 11.9 Å². The van der Waals surface area contributed by atoms with Crippen molar-refractivity contribution in [3.63, 3.8) is 0 Å². The first kappa shape index (κ1) is 20.5. The van der Waals surface area contributed by atoms with Crippen LogP contribution in [0.5, 0.6) is 0 Å². The van der Waals surface area contributed by atoms with Crippen molar-refractivity contribution in [3.8, 4) is 0 Å². The molecule has 0 spiro atoms. The Balaban J connectivity index is 1.81. The highest BCUT2D eigenvalue weighted by molar-refractivity contribution is 5.94. The maximum Gasteiger partial charge on any atom is 0.407 e. The molecule has 27 heavy (non-hydrogen) atoms. The molecule has 0 radical (unpaired) electrons.